The molecule has 114 valence electrons. The van der Waals surface area contributed by atoms with Gasteiger partial charge in [0.15, 0.2) is 0 Å². The summed E-state index contributed by atoms with van der Waals surface area (Å²) < 4.78 is 0. The molecule has 21 heavy (non-hydrogen) atoms. The van der Waals surface area contributed by atoms with E-state index < -0.39 is 0 Å². The van der Waals surface area contributed by atoms with Crippen LogP contribution in [0.1, 0.15) is 46.0 Å². The Labute approximate surface area is 135 Å². The van der Waals surface area contributed by atoms with Crippen molar-refractivity contribution in [3.05, 3.63) is 16.7 Å². The van der Waals surface area contributed by atoms with Crippen LogP contribution in [0.5, 0.6) is 0 Å². The molecule has 0 atom stereocenters. The van der Waals surface area contributed by atoms with Crippen LogP contribution in [-0.4, -0.2) is 22.6 Å². The highest BCUT2D eigenvalue weighted by molar-refractivity contribution is 7.16. The largest absolute Gasteiger partial charge is 0.353 e. The second-order valence-corrected chi connectivity index (χ2v) is 7.50. The number of thiophene rings is 1. The summed E-state index contributed by atoms with van der Waals surface area (Å²) in [6.45, 7) is 5.61. The molecule has 0 amide bonds. The summed E-state index contributed by atoms with van der Waals surface area (Å²) in [6.07, 6.45) is 6.38. The van der Waals surface area contributed by atoms with Gasteiger partial charge in [0, 0.05) is 12.6 Å². The molecule has 3 nitrogen and oxygen atoms in total. The van der Waals surface area contributed by atoms with Gasteiger partial charge in [-0.1, -0.05) is 26.7 Å². The monoisotopic (exact) mass is 323 g/mol. The van der Waals surface area contributed by atoms with Crippen molar-refractivity contribution in [2.45, 2.75) is 52.0 Å². The van der Waals surface area contributed by atoms with Gasteiger partial charge in [0.2, 0.25) is 5.28 Å². The highest BCUT2D eigenvalue weighted by Gasteiger charge is 2.26. The second kappa shape index (κ2) is 6.49. The van der Waals surface area contributed by atoms with Gasteiger partial charge in [-0.25, -0.2) is 4.98 Å². The summed E-state index contributed by atoms with van der Waals surface area (Å²) in [7, 11) is 0. The molecule has 2 heterocycles. The summed E-state index contributed by atoms with van der Waals surface area (Å²) >= 11 is 7.79. The minimum Gasteiger partial charge on any atom is -0.353 e. The van der Waals surface area contributed by atoms with E-state index in [0.717, 1.165) is 22.6 Å². The zero-order valence-corrected chi connectivity index (χ0v) is 14.3. The van der Waals surface area contributed by atoms with Crippen molar-refractivity contribution < 1.29 is 0 Å². The zero-order valence-electron chi connectivity index (χ0n) is 12.7. The van der Waals surface area contributed by atoms with E-state index in [0.29, 0.717) is 17.2 Å². The summed E-state index contributed by atoms with van der Waals surface area (Å²) in [5.41, 5.74) is 0. The Morgan fingerprint density at radius 3 is 2.81 bits per heavy atom. The maximum Gasteiger partial charge on any atom is 0.225 e. The lowest BCUT2D eigenvalue weighted by atomic mass is 10.1. The first-order chi connectivity index (χ1) is 10.1. The van der Waals surface area contributed by atoms with E-state index in [1.54, 1.807) is 11.3 Å². The van der Waals surface area contributed by atoms with E-state index in [9.17, 15) is 0 Å². The van der Waals surface area contributed by atoms with Crippen LogP contribution in [0.3, 0.4) is 0 Å². The number of hydrogen-bond donors (Lipinski definition) is 0. The van der Waals surface area contributed by atoms with E-state index in [1.165, 1.54) is 32.1 Å². The molecule has 5 heteroatoms. The minimum absolute atomic E-state index is 0.368. The van der Waals surface area contributed by atoms with Crippen molar-refractivity contribution in [2.24, 2.45) is 5.92 Å². The molecule has 0 saturated heterocycles. The molecule has 0 aliphatic heterocycles. The molecule has 3 rings (SSSR count). The average Bonchev–Trinajstić information content (AvgIpc) is 3.08. The zero-order chi connectivity index (χ0) is 14.8. The summed E-state index contributed by atoms with van der Waals surface area (Å²) in [5.74, 6) is 1.74. The lowest BCUT2D eigenvalue weighted by Gasteiger charge is -2.31. The quantitative estimate of drug-likeness (QED) is 0.713. The average molecular weight is 324 g/mol. The number of anilines is 1. The van der Waals surface area contributed by atoms with Crippen molar-refractivity contribution >= 4 is 39.0 Å². The first kappa shape index (κ1) is 15.0. The Hall–Kier alpha value is -0.870. The Bertz CT molecular complexity index is 605. The molecule has 2 aromatic rings. The molecule has 0 radical (unpaired) electrons. The van der Waals surface area contributed by atoms with E-state index in [1.807, 2.05) is 0 Å². The summed E-state index contributed by atoms with van der Waals surface area (Å²) in [6, 6.07) is 2.74. The molecule has 1 aliphatic carbocycles. The van der Waals surface area contributed by atoms with Crippen LogP contribution in [0.25, 0.3) is 10.2 Å². The first-order valence-electron chi connectivity index (χ1n) is 7.82. The van der Waals surface area contributed by atoms with Gasteiger partial charge < -0.3 is 4.90 Å². The summed E-state index contributed by atoms with van der Waals surface area (Å²) in [4.78, 5) is 12.4. The van der Waals surface area contributed by atoms with E-state index >= 15 is 0 Å². The summed E-state index contributed by atoms with van der Waals surface area (Å²) in [5, 5.41) is 3.60. The third-order valence-corrected chi connectivity index (χ3v) is 5.24. The lowest BCUT2D eigenvalue weighted by Crippen LogP contribution is -2.35. The third kappa shape index (κ3) is 3.32. The molecule has 2 aromatic heterocycles. The topological polar surface area (TPSA) is 29.0 Å². The number of rotatable bonds is 5. The fourth-order valence-corrected chi connectivity index (χ4v) is 4.08. The Morgan fingerprint density at radius 2 is 2.10 bits per heavy atom. The standard InChI is InChI=1S/C16H22ClN3S/c1-11(2)7-9-20(12-5-3-4-6-12)14-13-8-10-21-15(13)19-16(17)18-14/h8,10-12H,3-7,9H2,1-2H3. The predicted molar refractivity (Wildman–Crippen MR) is 91.5 cm³/mol. The molecule has 0 bridgehead atoms. The van der Waals surface area contributed by atoms with Crippen LogP contribution in [0, 0.1) is 5.92 Å². The molecule has 0 spiro atoms. The minimum atomic E-state index is 0.368. The predicted octanol–water partition coefficient (Wildman–Crippen LogP) is 5.14. The third-order valence-electron chi connectivity index (χ3n) is 4.26. The Kier molecular flexibility index (Phi) is 4.65. The van der Waals surface area contributed by atoms with Gasteiger partial charge in [0.25, 0.3) is 0 Å². The second-order valence-electron chi connectivity index (χ2n) is 6.27. The number of fused-ring (bicyclic) bond motifs is 1. The molecule has 0 unspecified atom stereocenters. The van der Waals surface area contributed by atoms with Crippen LogP contribution in [0.4, 0.5) is 5.82 Å². The molecule has 0 aromatic carbocycles. The molecule has 0 N–H and O–H groups in total. The van der Waals surface area contributed by atoms with Crippen molar-refractivity contribution in [2.75, 3.05) is 11.4 Å². The smallest absolute Gasteiger partial charge is 0.225 e. The highest BCUT2D eigenvalue weighted by atomic mass is 35.5. The fourth-order valence-electron chi connectivity index (χ4n) is 3.11. The van der Waals surface area contributed by atoms with Gasteiger partial charge in [-0.15, -0.1) is 11.3 Å². The van der Waals surface area contributed by atoms with Crippen LogP contribution in [-0.2, 0) is 0 Å². The molecular formula is C16H22ClN3S. The lowest BCUT2D eigenvalue weighted by molar-refractivity contribution is 0.526. The van der Waals surface area contributed by atoms with Crippen LogP contribution < -0.4 is 4.90 Å². The highest BCUT2D eigenvalue weighted by Crippen LogP contribution is 2.34. The number of aromatic nitrogens is 2. The molecular weight excluding hydrogens is 302 g/mol. The van der Waals surface area contributed by atoms with Crippen molar-refractivity contribution in [3.63, 3.8) is 0 Å². The maximum absolute atomic E-state index is 6.15. The Morgan fingerprint density at radius 1 is 1.33 bits per heavy atom. The SMILES string of the molecule is CC(C)CCN(c1nc(Cl)nc2sccc12)C1CCCC1. The van der Waals surface area contributed by atoms with Gasteiger partial charge >= 0.3 is 0 Å². The molecule has 1 aliphatic rings. The van der Waals surface area contributed by atoms with Gasteiger partial charge in [-0.2, -0.15) is 4.98 Å². The first-order valence-corrected chi connectivity index (χ1v) is 9.08. The van der Waals surface area contributed by atoms with Gasteiger partial charge in [0.05, 0.1) is 5.39 Å². The van der Waals surface area contributed by atoms with E-state index in [2.05, 4.69) is 40.2 Å². The number of nitrogens with zero attached hydrogens (tertiary/aromatic N) is 3. The normalized spacial score (nSPS) is 16.2. The van der Waals surface area contributed by atoms with Crippen molar-refractivity contribution in [1.29, 1.82) is 0 Å². The van der Waals surface area contributed by atoms with Crippen LogP contribution >= 0.6 is 22.9 Å². The number of hydrogen-bond acceptors (Lipinski definition) is 4. The number of halogens is 1. The maximum atomic E-state index is 6.15. The van der Waals surface area contributed by atoms with Crippen LogP contribution in [0.2, 0.25) is 5.28 Å². The molecule has 1 fully saturated rings. The van der Waals surface area contributed by atoms with Gasteiger partial charge in [0.1, 0.15) is 10.6 Å². The van der Waals surface area contributed by atoms with Crippen molar-refractivity contribution in [3.8, 4) is 0 Å². The molecule has 1 saturated carbocycles. The Balaban J connectivity index is 1.98. The van der Waals surface area contributed by atoms with Gasteiger partial charge in [-0.05, 0) is 48.2 Å². The van der Waals surface area contributed by atoms with Crippen LogP contribution in [0.15, 0.2) is 11.4 Å². The van der Waals surface area contributed by atoms with E-state index in [-0.39, 0.29) is 0 Å². The van der Waals surface area contributed by atoms with E-state index in [4.69, 9.17) is 11.6 Å². The fraction of sp³-hybridized carbons (Fsp3) is 0.625. The van der Waals surface area contributed by atoms with Gasteiger partial charge in [-0.3, -0.25) is 0 Å². The van der Waals surface area contributed by atoms with Crippen molar-refractivity contribution in [1.82, 2.24) is 9.97 Å².